The van der Waals surface area contributed by atoms with E-state index in [2.05, 4.69) is 48.4 Å². The van der Waals surface area contributed by atoms with Crippen LogP contribution in [-0.4, -0.2) is 4.98 Å². The van der Waals surface area contributed by atoms with Crippen molar-refractivity contribution in [3.05, 3.63) is 58.5 Å². The predicted molar refractivity (Wildman–Crippen MR) is 90.3 cm³/mol. The number of thiazole rings is 1. The first kappa shape index (κ1) is 14.0. The number of hydrogen-bond donors (Lipinski definition) is 2. The molecule has 1 heterocycles. The molecule has 0 fully saturated rings. The maximum absolute atomic E-state index is 6.18. The number of nitrogens with two attached hydrogens (primary N) is 1. The van der Waals surface area contributed by atoms with Crippen LogP contribution in [0.4, 0.5) is 5.69 Å². The summed E-state index contributed by atoms with van der Waals surface area (Å²) in [5.74, 6) is 0. The second-order valence-corrected chi connectivity index (χ2v) is 6.61. The Kier molecular flexibility index (Phi) is 3.66. The van der Waals surface area contributed by atoms with E-state index in [1.54, 1.807) is 11.3 Å². The molecule has 2 aromatic carbocycles. The monoisotopic (exact) mass is 297 g/mol. The first-order chi connectivity index (χ1) is 10.1. The van der Waals surface area contributed by atoms with Crippen LogP contribution in [0.3, 0.4) is 0 Å². The average molecular weight is 297 g/mol. The number of anilines is 1. The molecule has 0 aliphatic heterocycles. The summed E-state index contributed by atoms with van der Waals surface area (Å²) in [6, 6.07) is 12.5. The second kappa shape index (κ2) is 5.47. The molecule has 0 aliphatic rings. The lowest BCUT2D eigenvalue weighted by atomic mass is 10.0. The van der Waals surface area contributed by atoms with Gasteiger partial charge in [-0.3, -0.25) is 0 Å². The minimum absolute atomic E-state index is 0.160. The molecule has 0 bridgehead atoms. The zero-order chi connectivity index (χ0) is 14.9. The minimum Gasteiger partial charge on any atom is -0.398 e. The average Bonchev–Trinajstić information content (AvgIpc) is 3.00. The van der Waals surface area contributed by atoms with Crippen LogP contribution in [0.5, 0.6) is 0 Å². The van der Waals surface area contributed by atoms with Gasteiger partial charge in [-0.05, 0) is 42.3 Å². The fourth-order valence-corrected chi connectivity index (χ4v) is 3.12. The molecule has 0 unspecified atom stereocenters. The number of nitrogens with one attached hydrogen (secondary N) is 1. The first-order valence-electron chi connectivity index (χ1n) is 6.98. The smallest absolute Gasteiger partial charge is 0.112 e. The third-order valence-electron chi connectivity index (χ3n) is 3.70. The molecule has 0 amide bonds. The number of nitrogens with zero attached hydrogens (tertiary/aromatic N) is 1. The van der Waals surface area contributed by atoms with Gasteiger partial charge in [0.1, 0.15) is 5.01 Å². The van der Waals surface area contributed by atoms with E-state index in [4.69, 9.17) is 5.73 Å². The van der Waals surface area contributed by atoms with E-state index in [0.717, 1.165) is 22.8 Å². The lowest BCUT2D eigenvalue weighted by Gasteiger charge is -2.24. The van der Waals surface area contributed by atoms with Crippen LogP contribution in [-0.2, 0) is 12.1 Å². The summed E-state index contributed by atoms with van der Waals surface area (Å²) in [6.07, 6.45) is 1.84. The van der Waals surface area contributed by atoms with Gasteiger partial charge < -0.3 is 11.1 Å². The lowest BCUT2D eigenvalue weighted by Crippen LogP contribution is -2.36. The summed E-state index contributed by atoms with van der Waals surface area (Å²) in [7, 11) is 0. The SMILES string of the molecule is CC(C)(NCc1cc2ccccc2cc1N)c1nccs1. The van der Waals surface area contributed by atoms with E-state index in [0.29, 0.717) is 0 Å². The predicted octanol–water partition coefficient (Wildman–Crippen LogP) is 3.90. The summed E-state index contributed by atoms with van der Waals surface area (Å²) in [5, 5.41) is 9.04. The molecular formula is C17H19N3S. The quantitative estimate of drug-likeness (QED) is 0.718. The molecule has 21 heavy (non-hydrogen) atoms. The third kappa shape index (κ3) is 2.91. The molecule has 3 nitrogen and oxygen atoms in total. The van der Waals surface area contributed by atoms with Gasteiger partial charge in [-0.15, -0.1) is 11.3 Å². The molecule has 0 saturated heterocycles. The third-order valence-corrected chi connectivity index (χ3v) is 4.79. The van der Waals surface area contributed by atoms with Crippen molar-refractivity contribution in [1.29, 1.82) is 0 Å². The Morgan fingerprint density at radius 3 is 2.57 bits per heavy atom. The molecule has 4 heteroatoms. The van der Waals surface area contributed by atoms with Gasteiger partial charge in [0.15, 0.2) is 0 Å². The number of nitrogen functional groups attached to an aromatic ring is 1. The standard InChI is InChI=1S/C17H19N3S/c1-17(2,16-19-7-8-21-16)20-11-14-9-12-5-3-4-6-13(12)10-15(14)18/h3-10,20H,11,18H2,1-2H3. The minimum atomic E-state index is -0.160. The zero-order valence-electron chi connectivity index (χ0n) is 12.3. The van der Waals surface area contributed by atoms with E-state index in [1.165, 1.54) is 10.8 Å². The van der Waals surface area contributed by atoms with E-state index < -0.39 is 0 Å². The molecule has 108 valence electrons. The number of rotatable bonds is 4. The summed E-state index contributed by atoms with van der Waals surface area (Å²) < 4.78 is 0. The van der Waals surface area contributed by atoms with E-state index >= 15 is 0 Å². The van der Waals surface area contributed by atoms with Gasteiger partial charge in [-0.25, -0.2) is 4.98 Å². The highest BCUT2D eigenvalue weighted by Gasteiger charge is 2.22. The Hall–Kier alpha value is -1.91. The molecule has 3 N–H and O–H groups in total. The molecule has 3 rings (SSSR count). The molecule has 3 aromatic rings. The van der Waals surface area contributed by atoms with E-state index in [1.807, 2.05) is 23.7 Å². The van der Waals surface area contributed by atoms with Gasteiger partial charge >= 0.3 is 0 Å². The van der Waals surface area contributed by atoms with Gasteiger partial charge in [-0.1, -0.05) is 24.3 Å². The fourth-order valence-electron chi connectivity index (χ4n) is 2.38. The normalized spacial score (nSPS) is 11.9. The summed E-state index contributed by atoms with van der Waals surface area (Å²) in [4.78, 5) is 4.40. The van der Waals surface area contributed by atoms with Crippen molar-refractivity contribution >= 4 is 27.8 Å². The Morgan fingerprint density at radius 2 is 1.90 bits per heavy atom. The van der Waals surface area contributed by atoms with Crippen molar-refractivity contribution < 1.29 is 0 Å². The molecule has 0 spiro atoms. The molecule has 1 aromatic heterocycles. The van der Waals surface area contributed by atoms with Gasteiger partial charge in [0.2, 0.25) is 0 Å². The fraction of sp³-hybridized carbons (Fsp3) is 0.235. The van der Waals surface area contributed by atoms with Gasteiger partial charge in [0.05, 0.1) is 5.54 Å². The molecular weight excluding hydrogens is 278 g/mol. The maximum Gasteiger partial charge on any atom is 0.112 e. The molecule has 0 atom stereocenters. The Morgan fingerprint density at radius 1 is 1.19 bits per heavy atom. The number of benzene rings is 2. The molecule has 0 aliphatic carbocycles. The Labute approximate surface area is 128 Å². The summed E-state index contributed by atoms with van der Waals surface area (Å²) in [6.45, 7) is 5.01. The van der Waals surface area contributed by atoms with E-state index in [9.17, 15) is 0 Å². The van der Waals surface area contributed by atoms with Gasteiger partial charge in [0, 0.05) is 23.8 Å². The van der Waals surface area contributed by atoms with Crippen molar-refractivity contribution in [2.75, 3.05) is 5.73 Å². The summed E-state index contributed by atoms with van der Waals surface area (Å²) in [5.41, 5.74) is 7.97. The topological polar surface area (TPSA) is 50.9 Å². The van der Waals surface area contributed by atoms with Crippen LogP contribution in [0.15, 0.2) is 48.0 Å². The maximum atomic E-state index is 6.18. The second-order valence-electron chi connectivity index (χ2n) is 5.71. The lowest BCUT2D eigenvalue weighted by molar-refractivity contribution is 0.400. The van der Waals surface area contributed by atoms with Crippen LogP contribution in [0, 0.1) is 0 Å². The van der Waals surface area contributed by atoms with Crippen molar-refractivity contribution in [2.24, 2.45) is 0 Å². The van der Waals surface area contributed by atoms with Crippen LogP contribution in [0.1, 0.15) is 24.4 Å². The van der Waals surface area contributed by atoms with Crippen LogP contribution in [0.25, 0.3) is 10.8 Å². The van der Waals surface area contributed by atoms with Crippen LogP contribution < -0.4 is 11.1 Å². The highest BCUT2D eigenvalue weighted by molar-refractivity contribution is 7.09. The van der Waals surface area contributed by atoms with Gasteiger partial charge in [-0.2, -0.15) is 0 Å². The van der Waals surface area contributed by atoms with Crippen LogP contribution >= 0.6 is 11.3 Å². The highest BCUT2D eigenvalue weighted by Crippen LogP contribution is 2.25. The highest BCUT2D eigenvalue weighted by atomic mass is 32.1. The molecule has 0 radical (unpaired) electrons. The number of hydrogen-bond acceptors (Lipinski definition) is 4. The Balaban J connectivity index is 1.83. The number of fused-ring (bicyclic) bond motifs is 1. The van der Waals surface area contributed by atoms with Crippen molar-refractivity contribution in [3.63, 3.8) is 0 Å². The van der Waals surface area contributed by atoms with Crippen molar-refractivity contribution in [3.8, 4) is 0 Å². The molecule has 0 saturated carbocycles. The largest absolute Gasteiger partial charge is 0.398 e. The van der Waals surface area contributed by atoms with Crippen molar-refractivity contribution in [1.82, 2.24) is 10.3 Å². The van der Waals surface area contributed by atoms with Crippen LogP contribution in [0.2, 0.25) is 0 Å². The Bertz CT molecular complexity index is 748. The number of aromatic nitrogens is 1. The zero-order valence-corrected chi connectivity index (χ0v) is 13.1. The van der Waals surface area contributed by atoms with E-state index in [-0.39, 0.29) is 5.54 Å². The summed E-state index contributed by atoms with van der Waals surface area (Å²) >= 11 is 1.67. The van der Waals surface area contributed by atoms with Gasteiger partial charge in [0.25, 0.3) is 0 Å². The first-order valence-corrected chi connectivity index (χ1v) is 7.86. The van der Waals surface area contributed by atoms with Crippen molar-refractivity contribution in [2.45, 2.75) is 25.9 Å².